The fourth-order valence-electron chi connectivity index (χ4n) is 2.38. The van der Waals surface area contributed by atoms with Crippen molar-refractivity contribution in [2.75, 3.05) is 6.54 Å². The number of carbonyl (C=O) groups is 2. The maximum atomic E-state index is 11.8. The third kappa shape index (κ3) is 1.90. The van der Waals surface area contributed by atoms with Crippen molar-refractivity contribution in [3.63, 3.8) is 0 Å². The summed E-state index contributed by atoms with van der Waals surface area (Å²) in [6, 6.07) is 9.41. The van der Waals surface area contributed by atoms with Gasteiger partial charge in [0.1, 0.15) is 0 Å². The highest BCUT2D eigenvalue weighted by Crippen LogP contribution is 2.35. The first-order valence-electron chi connectivity index (χ1n) is 5.67. The van der Waals surface area contributed by atoms with Crippen LogP contribution in [0.3, 0.4) is 0 Å². The molecule has 1 aromatic rings. The summed E-state index contributed by atoms with van der Waals surface area (Å²) in [4.78, 5) is 23.1. The Morgan fingerprint density at radius 3 is 2.53 bits per heavy atom. The van der Waals surface area contributed by atoms with Gasteiger partial charge in [-0.2, -0.15) is 0 Å². The Balaban J connectivity index is 2.40. The highest BCUT2D eigenvalue weighted by atomic mass is 16.2. The van der Waals surface area contributed by atoms with Crippen LogP contribution in [0.4, 0.5) is 0 Å². The predicted octanol–water partition coefficient (Wildman–Crippen LogP) is 0.566. The molecular formula is C13H16N2O2. The maximum absolute atomic E-state index is 11.8. The zero-order chi connectivity index (χ0) is 12.5. The molecule has 0 saturated carbocycles. The molecule has 0 radical (unpaired) electrons. The van der Waals surface area contributed by atoms with Gasteiger partial charge in [-0.05, 0) is 12.5 Å². The number of rotatable bonds is 3. The van der Waals surface area contributed by atoms with Gasteiger partial charge in [-0.25, -0.2) is 0 Å². The third-order valence-electron chi connectivity index (χ3n) is 3.68. The van der Waals surface area contributed by atoms with Crippen molar-refractivity contribution in [1.29, 1.82) is 0 Å². The average Bonchev–Trinajstić information content (AvgIpc) is 2.76. The van der Waals surface area contributed by atoms with E-state index in [1.165, 1.54) is 0 Å². The number of primary amides is 1. The molecule has 2 amide bonds. The minimum atomic E-state index is -0.791. The van der Waals surface area contributed by atoms with Crippen LogP contribution in [-0.4, -0.2) is 18.4 Å². The zero-order valence-corrected chi connectivity index (χ0v) is 9.77. The largest absolute Gasteiger partial charge is 0.369 e. The van der Waals surface area contributed by atoms with Gasteiger partial charge in [-0.1, -0.05) is 30.3 Å². The van der Waals surface area contributed by atoms with E-state index in [0.717, 1.165) is 5.56 Å². The summed E-state index contributed by atoms with van der Waals surface area (Å²) in [5, 5.41) is 2.75. The van der Waals surface area contributed by atoms with Crippen LogP contribution in [0.25, 0.3) is 0 Å². The summed E-state index contributed by atoms with van der Waals surface area (Å²) in [5.41, 5.74) is 5.63. The van der Waals surface area contributed by atoms with Gasteiger partial charge in [0.2, 0.25) is 11.8 Å². The maximum Gasteiger partial charge on any atom is 0.228 e. The van der Waals surface area contributed by atoms with Crippen LogP contribution in [0.2, 0.25) is 0 Å². The van der Waals surface area contributed by atoms with E-state index in [1.807, 2.05) is 37.3 Å². The molecule has 2 rings (SSSR count). The second-order valence-electron chi connectivity index (χ2n) is 4.64. The average molecular weight is 232 g/mol. The van der Waals surface area contributed by atoms with Gasteiger partial charge < -0.3 is 11.1 Å². The van der Waals surface area contributed by atoms with Crippen LogP contribution < -0.4 is 11.1 Å². The molecule has 1 saturated heterocycles. The standard InChI is InChI=1S/C13H16N2O2/c1-13(12(14)17,9-5-3-2-4-6-9)10-7-11(16)15-8-10/h2-6,10H,7-8H2,1H3,(H2,14,17)(H,15,16)/t10-,13?/m1/s1. The lowest BCUT2D eigenvalue weighted by molar-refractivity contribution is -0.125. The van der Waals surface area contributed by atoms with Crippen molar-refractivity contribution >= 4 is 11.8 Å². The van der Waals surface area contributed by atoms with Crippen molar-refractivity contribution in [3.05, 3.63) is 35.9 Å². The summed E-state index contributed by atoms with van der Waals surface area (Å²) in [7, 11) is 0. The molecule has 90 valence electrons. The monoisotopic (exact) mass is 232 g/mol. The smallest absolute Gasteiger partial charge is 0.228 e. The predicted molar refractivity (Wildman–Crippen MR) is 64.1 cm³/mol. The van der Waals surface area contributed by atoms with E-state index < -0.39 is 5.41 Å². The first-order valence-corrected chi connectivity index (χ1v) is 5.67. The van der Waals surface area contributed by atoms with Crippen LogP contribution in [-0.2, 0) is 15.0 Å². The SMILES string of the molecule is CC(C(N)=O)(c1ccccc1)[C@H]1CNC(=O)C1. The normalized spacial score (nSPS) is 22.9. The quantitative estimate of drug-likeness (QED) is 0.799. The van der Waals surface area contributed by atoms with Crippen molar-refractivity contribution in [3.8, 4) is 0 Å². The van der Waals surface area contributed by atoms with E-state index in [2.05, 4.69) is 5.32 Å². The van der Waals surface area contributed by atoms with E-state index in [4.69, 9.17) is 5.73 Å². The minimum Gasteiger partial charge on any atom is -0.369 e. The first kappa shape index (κ1) is 11.6. The number of benzene rings is 1. The first-order chi connectivity index (χ1) is 8.05. The Hall–Kier alpha value is -1.84. The van der Waals surface area contributed by atoms with Gasteiger partial charge in [0.15, 0.2) is 0 Å². The van der Waals surface area contributed by atoms with Gasteiger partial charge in [-0.3, -0.25) is 9.59 Å². The molecule has 4 heteroatoms. The molecule has 2 atom stereocenters. The highest BCUT2D eigenvalue weighted by Gasteiger charge is 2.44. The Kier molecular flexibility index (Phi) is 2.88. The van der Waals surface area contributed by atoms with Gasteiger partial charge in [-0.15, -0.1) is 0 Å². The van der Waals surface area contributed by atoms with Crippen LogP contribution in [0.1, 0.15) is 18.9 Å². The molecule has 0 aromatic heterocycles. The van der Waals surface area contributed by atoms with E-state index in [1.54, 1.807) is 0 Å². The molecule has 1 aliphatic heterocycles. The number of nitrogens with one attached hydrogen (secondary N) is 1. The topological polar surface area (TPSA) is 72.2 Å². The number of carbonyl (C=O) groups excluding carboxylic acids is 2. The third-order valence-corrected chi connectivity index (χ3v) is 3.68. The second kappa shape index (κ2) is 4.20. The number of hydrogen-bond acceptors (Lipinski definition) is 2. The summed E-state index contributed by atoms with van der Waals surface area (Å²) in [6.07, 6.45) is 0.355. The molecule has 1 aliphatic rings. The second-order valence-corrected chi connectivity index (χ2v) is 4.64. The Morgan fingerprint density at radius 2 is 2.06 bits per heavy atom. The van der Waals surface area contributed by atoms with Crippen LogP contribution in [0, 0.1) is 5.92 Å². The fourth-order valence-corrected chi connectivity index (χ4v) is 2.38. The molecule has 17 heavy (non-hydrogen) atoms. The fraction of sp³-hybridized carbons (Fsp3) is 0.385. The van der Waals surface area contributed by atoms with Gasteiger partial charge in [0.25, 0.3) is 0 Å². The molecule has 0 bridgehead atoms. The van der Waals surface area contributed by atoms with Gasteiger partial charge >= 0.3 is 0 Å². The highest BCUT2D eigenvalue weighted by molar-refractivity contribution is 5.89. The molecular weight excluding hydrogens is 216 g/mol. The number of amides is 2. The van der Waals surface area contributed by atoms with E-state index in [-0.39, 0.29) is 17.7 Å². The lowest BCUT2D eigenvalue weighted by Gasteiger charge is -2.31. The molecule has 4 nitrogen and oxygen atoms in total. The van der Waals surface area contributed by atoms with Crippen molar-refractivity contribution in [1.82, 2.24) is 5.32 Å². The van der Waals surface area contributed by atoms with Crippen molar-refractivity contribution in [2.24, 2.45) is 11.7 Å². The lowest BCUT2D eigenvalue weighted by atomic mass is 9.70. The minimum absolute atomic E-state index is 0.0154. The number of hydrogen-bond donors (Lipinski definition) is 2. The zero-order valence-electron chi connectivity index (χ0n) is 9.77. The molecule has 3 N–H and O–H groups in total. The van der Waals surface area contributed by atoms with Crippen molar-refractivity contribution < 1.29 is 9.59 Å². The summed E-state index contributed by atoms with van der Waals surface area (Å²) < 4.78 is 0. The van der Waals surface area contributed by atoms with Crippen LogP contribution in [0.5, 0.6) is 0 Å². The molecule has 0 aliphatic carbocycles. The van der Waals surface area contributed by atoms with Crippen LogP contribution >= 0.6 is 0 Å². The van der Waals surface area contributed by atoms with E-state index in [0.29, 0.717) is 13.0 Å². The molecule has 0 spiro atoms. The summed E-state index contributed by atoms with van der Waals surface area (Å²) >= 11 is 0. The van der Waals surface area contributed by atoms with E-state index in [9.17, 15) is 9.59 Å². The molecule has 1 heterocycles. The Morgan fingerprint density at radius 1 is 1.41 bits per heavy atom. The lowest BCUT2D eigenvalue weighted by Crippen LogP contribution is -2.45. The van der Waals surface area contributed by atoms with Crippen molar-refractivity contribution in [2.45, 2.75) is 18.8 Å². The van der Waals surface area contributed by atoms with Gasteiger partial charge in [0, 0.05) is 18.9 Å². The number of nitrogens with two attached hydrogens (primary N) is 1. The van der Waals surface area contributed by atoms with E-state index >= 15 is 0 Å². The molecule has 1 unspecified atom stereocenters. The summed E-state index contributed by atoms with van der Waals surface area (Å²) in [5.74, 6) is -0.474. The Bertz CT molecular complexity index is 444. The van der Waals surface area contributed by atoms with Gasteiger partial charge in [0.05, 0.1) is 5.41 Å². The molecule has 1 aromatic carbocycles. The Labute approximate surface area is 100 Å². The van der Waals surface area contributed by atoms with Crippen LogP contribution in [0.15, 0.2) is 30.3 Å². The molecule has 1 fully saturated rings. The summed E-state index contributed by atoms with van der Waals surface area (Å²) in [6.45, 7) is 2.32.